The summed E-state index contributed by atoms with van der Waals surface area (Å²) in [6, 6.07) is 12.3. The van der Waals surface area contributed by atoms with Crippen molar-refractivity contribution in [3.63, 3.8) is 0 Å². The summed E-state index contributed by atoms with van der Waals surface area (Å²) in [4.78, 5) is 40.0. The molecule has 2 aliphatic rings. The highest BCUT2D eigenvalue weighted by Crippen LogP contribution is 2.34. The predicted octanol–water partition coefficient (Wildman–Crippen LogP) is 4.75. The molecule has 0 bridgehead atoms. The number of likely N-dealkylation sites (N-methyl/N-ethyl adjacent to an activating group) is 1. The summed E-state index contributed by atoms with van der Waals surface area (Å²) in [6.07, 6.45) is 2.92. The zero-order valence-corrected chi connectivity index (χ0v) is 22.1. The lowest BCUT2D eigenvalue weighted by Gasteiger charge is -2.33. The first-order chi connectivity index (χ1) is 18.8. The molecule has 5 rings (SSSR count). The molecule has 8 nitrogen and oxygen atoms in total. The number of ether oxygens (including phenoxy) is 1. The lowest BCUT2D eigenvalue weighted by Crippen LogP contribution is -2.45. The number of carbonyl (C=O) groups excluding carboxylic acids is 2. The standard InChI is InChI=1S/C28H28ClF2N5O3/c1-34(28(38)39-23-8-6-21(30)7-9-23)25-17-36(16-24(25)18-2-4-20(29)5-3-18)26(37)19-10-12-35(13-11-19)27-32-14-22(31)15-33-27/h2-9,14-15,19,24-25H,10-13,16-17H2,1H3/t24-,25+/m0/s1. The van der Waals surface area contributed by atoms with Crippen LogP contribution in [0.4, 0.5) is 19.5 Å². The van der Waals surface area contributed by atoms with E-state index in [1.54, 1.807) is 19.2 Å². The van der Waals surface area contributed by atoms with Crippen molar-refractivity contribution in [2.24, 2.45) is 5.92 Å². The molecule has 0 N–H and O–H groups in total. The second kappa shape index (κ2) is 11.5. The monoisotopic (exact) mass is 555 g/mol. The van der Waals surface area contributed by atoms with Crippen LogP contribution in [0.1, 0.15) is 24.3 Å². The summed E-state index contributed by atoms with van der Waals surface area (Å²) in [7, 11) is 1.65. The molecular weight excluding hydrogens is 528 g/mol. The molecule has 3 aromatic rings. The van der Waals surface area contributed by atoms with E-state index in [2.05, 4.69) is 9.97 Å². The largest absolute Gasteiger partial charge is 0.415 e. The van der Waals surface area contributed by atoms with E-state index < -0.39 is 17.7 Å². The van der Waals surface area contributed by atoms with E-state index in [1.807, 2.05) is 21.9 Å². The number of carbonyl (C=O) groups is 2. The number of nitrogens with zero attached hydrogens (tertiary/aromatic N) is 5. The van der Waals surface area contributed by atoms with Gasteiger partial charge in [-0.25, -0.2) is 23.5 Å². The first kappa shape index (κ1) is 26.8. The van der Waals surface area contributed by atoms with Crippen molar-refractivity contribution < 1.29 is 23.1 Å². The van der Waals surface area contributed by atoms with Gasteiger partial charge in [-0.15, -0.1) is 0 Å². The highest BCUT2D eigenvalue weighted by molar-refractivity contribution is 6.30. The summed E-state index contributed by atoms with van der Waals surface area (Å²) >= 11 is 6.11. The molecule has 2 saturated heterocycles. The Balaban J connectivity index is 1.28. The second-order valence-electron chi connectivity index (χ2n) is 9.86. The van der Waals surface area contributed by atoms with Crippen LogP contribution >= 0.6 is 11.6 Å². The Morgan fingerprint density at radius 3 is 2.23 bits per heavy atom. The third-order valence-corrected chi connectivity index (χ3v) is 7.69. The maximum atomic E-state index is 13.6. The number of amides is 2. The van der Waals surface area contributed by atoms with Crippen molar-refractivity contribution in [2.45, 2.75) is 24.8 Å². The zero-order chi connectivity index (χ0) is 27.5. The van der Waals surface area contributed by atoms with Crippen LogP contribution in [0.25, 0.3) is 0 Å². The van der Waals surface area contributed by atoms with Crippen LogP contribution in [0.3, 0.4) is 0 Å². The third kappa shape index (κ3) is 6.11. The number of anilines is 1. The minimum absolute atomic E-state index is 0.0384. The number of hydrogen-bond donors (Lipinski definition) is 0. The maximum Gasteiger partial charge on any atom is 0.415 e. The number of aromatic nitrogens is 2. The summed E-state index contributed by atoms with van der Waals surface area (Å²) in [5.41, 5.74) is 0.962. The van der Waals surface area contributed by atoms with Crippen molar-refractivity contribution in [3.05, 3.63) is 83.1 Å². The molecule has 0 saturated carbocycles. The van der Waals surface area contributed by atoms with Crippen LogP contribution in [0.5, 0.6) is 5.75 Å². The van der Waals surface area contributed by atoms with E-state index in [0.29, 0.717) is 50.0 Å². The molecule has 39 heavy (non-hydrogen) atoms. The molecule has 0 aliphatic carbocycles. The number of hydrogen-bond acceptors (Lipinski definition) is 6. The van der Waals surface area contributed by atoms with Crippen molar-refractivity contribution in [2.75, 3.05) is 38.1 Å². The van der Waals surface area contributed by atoms with Crippen molar-refractivity contribution >= 4 is 29.5 Å². The van der Waals surface area contributed by atoms with Gasteiger partial charge in [-0.3, -0.25) is 4.79 Å². The minimum atomic E-state index is -0.590. The molecular formula is C28H28ClF2N5O3. The first-order valence-corrected chi connectivity index (χ1v) is 13.1. The number of rotatable bonds is 5. The fraction of sp³-hybridized carbons (Fsp3) is 0.357. The van der Waals surface area contributed by atoms with Gasteiger partial charge in [-0.1, -0.05) is 23.7 Å². The van der Waals surface area contributed by atoms with E-state index in [-0.39, 0.29) is 29.5 Å². The van der Waals surface area contributed by atoms with Gasteiger partial charge in [0, 0.05) is 50.1 Å². The van der Waals surface area contributed by atoms with Gasteiger partial charge in [-0.05, 0) is 54.8 Å². The minimum Gasteiger partial charge on any atom is -0.410 e. The highest BCUT2D eigenvalue weighted by atomic mass is 35.5. The molecule has 2 atom stereocenters. The van der Waals surface area contributed by atoms with Gasteiger partial charge < -0.3 is 19.4 Å². The van der Waals surface area contributed by atoms with E-state index in [9.17, 15) is 18.4 Å². The van der Waals surface area contributed by atoms with E-state index in [1.165, 1.54) is 29.2 Å². The molecule has 2 aliphatic heterocycles. The van der Waals surface area contributed by atoms with E-state index >= 15 is 0 Å². The Morgan fingerprint density at radius 1 is 0.949 bits per heavy atom. The van der Waals surface area contributed by atoms with Crippen LogP contribution in [0.15, 0.2) is 60.9 Å². The summed E-state index contributed by atoms with van der Waals surface area (Å²) in [5, 5.41) is 0.599. The summed E-state index contributed by atoms with van der Waals surface area (Å²) in [5.74, 6) is -0.517. The zero-order valence-electron chi connectivity index (χ0n) is 21.3. The molecule has 0 radical (unpaired) electrons. The van der Waals surface area contributed by atoms with Gasteiger partial charge in [0.25, 0.3) is 0 Å². The van der Waals surface area contributed by atoms with Crippen LogP contribution < -0.4 is 9.64 Å². The van der Waals surface area contributed by atoms with Crippen LogP contribution in [0, 0.1) is 17.6 Å². The Kier molecular flexibility index (Phi) is 7.92. The molecule has 2 fully saturated rings. The van der Waals surface area contributed by atoms with Crippen molar-refractivity contribution in [3.8, 4) is 5.75 Å². The lowest BCUT2D eigenvalue weighted by molar-refractivity contribution is -0.135. The fourth-order valence-corrected chi connectivity index (χ4v) is 5.39. The molecule has 11 heteroatoms. The van der Waals surface area contributed by atoms with Crippen molar-refractivity contribution in [1.82, 2.24) is 19.8 Å². The van der Waals surface area contributed by atoms with Gasteiger partial charge in [0.1, 0.15) is 11.6 Å². The number of piperidine rings is 1. The Labute approximate surface area is 230 Å². The Morgan fingerprint density at radius 2 is 1.59 bits per heavy atom. The summed E-state index contributed by atoms with van der Waals surface area (Å²) in [6.45, 7) is 1.97. The molecule has 2 aromatic carbocycles. The third-order valence-electron chi connectivity index (χ3n) is 7.44. The fourth-order valence-electron chi connectivity index (χ4n) is 5.26. The van der Waals surface area contributed by atoms with E-state index in [0.717, 1.165) is 18.0 Å². The van der Waals surface area contributed by atoms with Gasteiger partial charge in [0.05, 0.1) is 18.4 Å². The maximum absolute atomic E-state index is 13.6. The topological polar surface area (TPSA) is 78.9 Å². The van der Waals surface area contributed by atoms with Gasteiger partial charge in [0.2, 0.25) is 11.9 Å². The van der Waals surface area contributed by atoms with E-state index in [4.69, 9.17) is 16.3 Å². The number of likely N-dealkylation sites (tertiary alicyclic amines) is 1. The van der Waals surface area contributed by atoms with Crippen LogP contribution in [0.2, 0.25) is 5.02 Å². The molecule has 204 valence electrons. The Hall–Kier alpha value is -3.79. The SMILES string of the molecule is CN(C(=O)Oc1ccc(F)cc1)[C@@H]1CN(C(=O)C2CCN(c3ncc(F)cn3)CC2)C[C@H]1c1ccc(Cl)cc1. The average molecular weight is 556 g/mol. The second-order valence-corrected chi connectivity index (χ2v) is 10.3. The van der Waals surface area contributed by atoms with Crippen molar-refractivity contribution in [1.29, 1.82) is 0 Å². The Bertz CT molecular complexity index is 1300. The molecule has 2 amide bonds. The predicted molar refractivity (Wildman–Crippen MR) is 142 cm³/mol. The highest BCUT2D eigenvalue weighted by Gasteiger charge is 2.42. The smallest absolute Gasteiger partial charge is 0.410 e. The quantitative estimate of drug-likeness (QED) is 0.452. The van der Waals surface area contributed by atoms with Gasteiger partial charge in [0.15, 0.2) is 5.82 Å². The normalized spacial score (nSPS) is 19.7. The molecule has 1 aromatic heterocycles. The van der Waals surface area contributed by atoms with Crippen LogP contribution in [-0.4, -0.2) is 71.0 Å². The molecule has 0 unspecified atom stereocenters. The number of benzene rings is 2. The average Bonchev–Trinajstić information content (AvgIpc) is 3.40. The lowest BCUT2D eigenvalue weighted by atomic mass is 9.93. The summed E-state index contributed by atoms with van der Waals surface area (Å²) < 4.78 is 31.9. The van der Waals surface area contributed by atoms with Gasteiger partial charge >= 0.3 is 6.09 Å². The first-order valence-electron chi connectivity index (χ1n) is 12.8. The number of halogens is 3. The molecule has 0 spiro atoms. The molecule has 3 heterocycles. The van der Waals surface area contributed by atoms with Gasteiger partial charge in [-0.2, -0.15) is 0 Å². The van der Waals surface area contributed by atoms with Crippen LogP contribution in [-0.2, 0) is 4.79 Å².